The fourth-order valence-corrected chi connectivity index (χ4v) is 2.20. The molecule has 1 heterocycles. The predicted octanol–water partition coefficient (Wildman–Crippen LogP) is 1.23. The molecular formula is C14H19N3O3. The van der Waals surface area contributed by atoms with E-state index in [2.05, 4.69) is 5.32 Å². The maximum absolute atomic E-state index is 11.9. The fraction of sp³-hybridized carbons (Fsp3) is 0.429. The number of rotatable bonds is 5. The molecule has 1 aromatic carbocycles. The van der Waals surface area contributed by atoms with Gasteiger partial charge in [-0.3, -0.25) is 9.59 Å². The minimum absolute atomic E-state index is 0.128. The summed E-state index contributed by atoms with van der Waals surface area (Å²) >= 11 is 0. The van der Waals surface area contributed by atoms with Crippen LogP contribution in [0.5, 0.6) is 5.75 Å². The molecule has 1 fully saturated rings. The van der Waals surface area contributed by atoms with Crippen LogP contribution < -0.4 is 15.8 Å². The average molecular weight is 277 g/mol. The normalized spacial score (nSPS) is 14.4. The van der Waals surface area contributed by atoms with E-state index in [4.69, 9.17) is 10.5 Å². The third-order valence-electron chi connectivity index (χ3n) is 3.28. The molecule has 0 aliphatic carbocycles. The zero-order valence-electron chi connectivity index (χ0n) is 11.5. The summed E-state index contributed by atoms with van der Waals surface area (Å²) < 4.78 is 5.16. The van der Waals surface area contributed by atoms with Gasteiger partial charge in [-0.15, -0.1) is 0 Å². The topological polar surface area (TPSA) is 84.7 Å². The largest absolute Gasteiger partial charge is 0.494 e. The highest BCUT2D eigenvalue weighted by Gasteiger charge is 2.20. The number of carbonyl (C=O) groups is 2. The lowest BCUT2D eigenvalue weighted by molar-refractivity contribution is -0.128. The second-order valence-corrected chi connectivity index (χ2v) is 4.74. The van der Waals surface area contributed by atoms with E-state index in [1.54, 1.807) is 23.1 Å². The van der Waals surface area contributed by atoms with E-state index in [-0.39, 0.29) is 18.2 Å². The van der Waals surface area contributed by atoms with E-state index in [9.17, 15) is 9.59 Å². The standard InChI is InChI=1S/C14H19N3O3/c1-20-12-9-10(15)4-5-11(12)16-13(18)6-8-17-7-2-3-14(17)19/h4-5,9H,2-3,6-8,15H2,1H3,(H,16,18). The van der Waals surface area contributed by atoms with Crippen molar-refractivity contribution in [3.8, 4) is 5.75 Å². The minimum Gasteiger partial charge on any atom is -0.494 e. The summed E-state index contributed by atoms with van der Waals surface area (Å²) in [6.07, 6.45) is 1.75. The number of nitrogens with zero attached hydrogens (tertiary/aromatic N) is 1. The van der Waals surface area contributed by atoms with E-state index in [1.807, 2.05) is 0 Å². The maximum atomic E-state index is 11.9. The Hall–Kier alpha value is -2.24. The van der Waals surface area contributed by atoms with Gasteiger partial charge in [0.2, 0.25) is 11.8 Å². The third-order valence-corrected chi connectivity index (χ3v) is 3.28. The van der Waals surface area contributed by atoms with E-state index in [1.165, 1.54) is 7.11 Å². The Morgan fingerprint density at radius 3 is 2.95 bits per heavy atom. The van der Waals surface area contributed by atoms with Crippen molar-refractivity contribution >= 4 is 23.2 Å². The van der Waals surface area contributed by atoms with Gasteiger partial charge < -0.3 is 20.7 Å². The fourth-order valence-electron chi connectivity index (χ4n) is 2.20. The lowest BCUT2D eigenvalue weighted by Crippen LogP contribution is -2.28. The number of hydrogen-bond acceptors (Lipinski definition) is 4. The Morgan fingerprint density at radius 1 is 1.50 bits per heavy atom. The molecule has 1 aromatic rings. The molecular weight excluding hydrogens is 258 g/mol. The molecule has 0 unspecified atom stereocenters. The van der Waals surface area contributed by atoms with Crippen LogP contribution in [-0.4, -0.2) is 36.9 Å². The number of nitrogen functional groups attached to an aromatic ring is 1. The second kappa shape index (κ2) is 6.27. The Kier molecular flexibility index (Phi) is 4.45. The van der Waals surface area contributed by atoms with E-state index >= 15 is 0 Å². The summed E-state index contributed by atoms with van der Waals surface area (Å²) in [5, 5.41) is 2.77. The van der Waals surface area contributed by atoms with Crippen molar-refractivity contribution in [3.05, 3.63) is 18.2 Å². The van der Waals surface area contributed by atoms with Crippen LogP contribution in [0.25, 0.3) is 0 Å². The van der Waals surface area contributed by atoms with Crippen molar-refractivity contribution in [1.82, 2.24) is 4.90 Å². The van der Waals surface area contributed by atoms with Gasteiger partial charge in [-0.1, -0.05) is 0 Å². The Balaban J connectivity index is 1.89. The van der Waals surface area contributed by atoms with Crippen LogP contribution in [0.15, 0.2) is 18.2 Å². The number of ether oxygens (including phenoxy) is 1. The summed E-state index contributed by atoms with van der Waals surface area (Å²) in [5.41, 5.74) is 6.81. The predicted molar refractivity (Wildman–Crippen MR) is 76.5 cm³/mol. The molecule has 2 amide bonds. The lowest BCUT2D eigenvalue weighted by Gasteiger charge is -2.15. The van der Waals surface area contributed by atoms with Crippen LogP contribution in [0.4, 0.5) is 11.4 Å². The van der Waals surface area contributed by atoms with Crippen LogP contribution in [0.2, 0.25) is 0 Å². The molecule has 1 saturated heterocycles. The van der Waals surface area contributed by atoms with Gasteiger partial charge in [0.25, 0.3) is 0 Å². The summed E-state index contributed by atoms with van der Waals surface area (Å²) in [6, 6.07) is 5.05. The summed E-state index contributed by atoms with van der Waals surface area (Å²) in [4.78, 5) is 25.1. The number of methoxy groups -OCH3 is 1. The number of anilines is 2. The number of carbonyl (C=O) groups excluding carboxylic acids is 2. The quantitative estimate of drug-likeness (QED) is 0.793. The highest BCUT2D eigenvalue weighted by Crippen LogP contribution is 2.26. The van der Waals surface area contributed by atoms with Crippen molar-refractivity contribution in [2.24, 2.45) is 0 Å². The van der Waals surface area contributed by atoms with E-state index in [0.29, 0.717) is 30.1 Å². The molecule has 1 aliphatic rings. The number of nitrogens with two attached hydrogens (primary N) is 1. The summed E-state index contributed by atoms with van der Waals surface area (Å²) in [5.74, 6) is 0.506. The average Bonchev–Trinajstić information content (AvgIpc) is 2.84. The van der Waals surface area contributed by atoms with Gasteiger partial charge in [-0.05, 0) is 18.6 Å². The molecule has 0 spiro atoms. The second-order valence-electron chi connectivity index (χ2n) is 4.74. The van der Waals surface area contributed by atoms with Crippen molar-refractivity contribution in [2.45, 2.75) is 19.3 Å². The molecule has 20 heavy (non-hydrogen) atoms. The highest BCUT2D eigenvalue weighted by molar-refractivity contribution is 5.93. The summed E-state index contributed by atoms with van der Waals surface area (Å²) in [6.45, 7) is 1.21. The van der Waals surface area contributed by atoms with Gasteiger partial charge in [0.15, 0.2) is 0 Å². The molecule has 0 atom stereocenters. The van der Waals surface area contributed by atoms with Crippen LogP contribution in [-0.2, 0) is 9.59 Å². The number of nitrogens with one attached hydrogen (secondary N) is 1. The van der Waals surface area contributed by atoms with Crippen molar-refractivity contribution in [1.29, 1.82) is 0 Å². The zero-order valence-corrected chi connectivity index (χ0v) is 11.5. The lowest BCUT2D eigenvalue weighted by atomic mass is 10.2. The first-order chi connectivity index (χ1) is 9.60. The molecule has 0 aromatic heterocycles. The maximum Gasteiger partial charge on any atom is 0.226 e. The van der Waals surface area contributed by atoms with E-state index in [0.717, 1.165) is 13.0 Å². The molecule has 0 saturated carbocycles. The zero-order chi connectivity index (χ0) is 14.5. The van der Waals surface area contributed by atoms with Crippen LogP contribution in [0, 0.1) is 0 Å². The van der Waals surface area contributed by atoms with Crippen LogP contribution >= 0.6 is 0 Å². The van der Waals surface area contributed by atoms with Crippen molar-refractivity contribution < 1.29 is 14.3 Å². The van der Waals surface area contributed by atoms with Crippen molar-refractivity contribution in [2.75, 3.05) is 31.2 Å². The highest BCUT2D eigenvalue weighted by atomic mass is 16.5. The Bertz CT molecular complexity index is 516. The number of hydrogen-bond donors (Lipinski definition) is 2. The SMILES string of the molecule is COc1cc(N)ccc1NC(=O)CCN1CCCC1=O. The Labute approximate surface area is 117 Å². The van der Waals surface area contributed by atoms with Gasteiger partial charge in [0.1, 0.15) is 5.75 Å². The van der Waals surface area contributed by atoms with Gasteiger partial charge >= 0.3 is 0 Å². The number of benzene rings is 1. The number of likely N-dealkylation sites (tertiary alicyclic amines) is 1. The van der Waals surface area contributed by atoms with Gasteiger partial charge in [0, 0.05) is 37.7 Å². The number of amides is 2. The van der Waals surface area contributed by atoms with Crippen molar-refractivity contribution in [3.63, 3.8) is 0 Å². The molecule has 108 valence electrons. The molecule has 3 N–H and O–H groups in total. The van der Waals surface area contributed by atoms with Gasteiger partial charge in [0.05, 0.1) is 12.8 Å². The molecule has 2 rings (SSSR count). The molecule has 0 radical (unpaired) electrons. The molecule has 1 aliphatic heterocycles. The third kappa shape index (κ3) is 3.40. The van der Waals surface area contributed by atoms with Gasteiger partial charge in [-0.2, -0.15) is 0 Å². The molecule has 6 heteroatoms. The first-order valence-electron chi connectivity index (χ1n) is 6.61. The minimum atomic E-state index is -0.146. The van der Waals surface area contributed by atoms with Crippen LogP contribution in [0.3, 0.4) is 0 Å². The van der Waals surface area contributed by atoms with E-state index < -0.39 is 0 Å². The first-order valence-corrected chi connectivity index (χ1v) is 6.61. The monoisotopic (exact) mass is 277 g/mol. The molecule has 6 nitrogen and oxygen atoms in total. The first kappa shape index (κ1) is 14.2. The molecule has 0 bridgehead atoms. The Morgan fingerprint density at radius 2 is 2.30 bits per heavy atom. The van der Waals surface area contributed by atoms with Gasteiger partial charge in [-0.25, -0.2) is 0 Å². The smallest absolute Gasteiger partial charge is 0.226 e. The summed E-state index contributed by atoms with van der Waals surface area (Å²) in [7, 11) is 1.52. The van der Waals surface area contributed by atoms with Crippen LogP contribution in [0.1, 0.15) is 19.3 Å².